The van der Waals surface area contributed by atoms with E-state index in [-0.39, 0.29) is 23.5 Å². The molecule has 2 heterocycles. The molecule has 104 valence electrons. The molecule has 1 atom stereocenters. The molecule has 1 aromatic rings. The number of hydrogen-bond acceptors (Lipinski definition) is 5. The maximum Gasteiger partial charge on any atom is 0.254 e. The Balaban J connectivity index is 1.78. The smallest absolute Gasteiger partial charge is 0.254 e. The lowest BCUT2D eigenvalue weighted by atomic mass is 10.1. The van der Waals surface area contributed by atoms with Gasteiger partial charge in [-0.1, -0.05) is 0 Å². The summed E-state index contributed by atoms with van der Waals surface area (Å²) in [5.74, 6) is -0.000782. The molecule has 3 rings (SSSR count). The summed E-state index contributed by atoms with van der Waals surface area (Å²) in [5, 5.41) is 3.37. The van der Waals surface area contributed by atoms with Gasteiger partial charge in [-0.25, -0.2) is 8.42 Å². The van der Waals surface area contributed by atoms with Crippen molar-refractivity contribution in [1.82, 2.24) is 5.32 Å². The summed E-state index contributed by atoms with van der Waals surface area (Å²) in [7, 11) is -2.97. The molecule has 1 aliphatic carbocycles. The maximum absolute atomic E-state index is 12.3. The van der Waals surface area contributed by atoms with Gasteiger partial charge in [0.25, 0.3) is 5.91 Å². The van der Waals surface area contributed by atoms with Gasteiger partial charge in [-0.15, -0.1) is 11.3 Å². The molecule has 5 nitrogen and oxygen atoms in total. The fraction of sp³-hybridized carbons (Fsp3) is 0.583. The molecule has 1 saturated heterocycles. The standard InChI is InChI=1S/C12H16N2O3S2/c13-11-10(8-2-1-3-9(8)18-11)12(15)14-7-4-5-19(16,17)6-7/h7H,1-6,13H2,(H,14,15)/t7-/m0/s1. The van der Waals surface area contributed by atoms with Crippen LogP contribution in [0.15, 0.2) is 0 Å². The molecule has 0 spiro atoms. The van der Waals surface area contributed by atoms with Gasteiger partial charge in [-0.3, -0.25) is 4.79 Å². The second-order valence-corrected chi connectivity index (χ2v) is 8.54. The van der Waals surface area contributed by atoms with Crippen LogP contribution in [0.2, 0.25) is 0 Å². The van der Waals surface area contributed by atoms with Crippen LogP contribution < -0.4 is 11.1 Å². The van der Waals surface area contributed by atoms with E-state index in [0.717, 1.165) is 24.8 Å². The number of aryl methyl sites for hydroxylation is 1. The SMILES string of the molecule is Nc1sc2c(c1C(=O)N[C@H]1CCS(=O)(=O)C1)CCC2. The highest BCUT2D eigenvalue weighted by atomic mass is 32.2. The molecule has 0 aromatic carbocycles. The number of hydrogen-bond donors (Lipinski definition) is 2. The summed E-state index contributed by atoms with van der Waals surface area (Å²) >= 11 is 1.49. The Morgan fingerprint density at radius 2 is 2.16 bits per heavy atom. The molecular weight excluding hydrogens is 284 g/mol. The van der Waals surface area contributed by atoms with Crippen LogP contribution in [-0.2, 0) is 22.7 Å². The lowest BCUT2D eigenvalue weighted by Crippen LogP contribution is -2.36. The van der Waals surface area contributed by atoms with Gasteiger partial charge in [0.1, 0.15) is 0 Å². The van der Waals surface area contributed by atoms with E-state index >= 15 is 0 Å². The molecule has 3 N–H and O–H groups in total. The van der Waals surface area contributed by atoms with Crippen molar-refractivity contribution in [1.29, 1.82) is 0 Å². The van der Waals surface area contributed by atoms with Crippen LogP contribution >= 0.6 is 11.3 Å². The third-order valence-electron chi connectivity index (χ3n) is 3.74. The molecule has 2 aliphatic rings. The number of nitrogens with two attached hydrogens (primary N) is 1. The first kappa shape index (κ1) is 12.9. The number of nitrogens with one attached hydrogen (secondary N) is 1. The molecule has 7 heteroatoms. The third-order valence-corrected chi connectivity index (χ3v) is 6.63. The Kier molecular flexibility index (Phi) is 3.05. The number of anilines is 1. The molecule has 1 fully saturated rings. The van der Waals surface area contributed by atoms with E-state index in [1.165, 1.54) is 16.2 Å². The van der Waals surface area contributed by atoms with E-state index in [1.54, 1.807) is 0 Å². The van der Waals surface area contributed by atoms with Crippen molar-refractivity contribution in [2.45, 2.75) is 31.7 Å². The minimum absolute atomic E-state index is 0.0466. The predicted octanol–water partition coefficient (Wildman–Crippen LogP) is 0.736. The van der Waals surface area contributed by atoms with Gasteiger partial charge in [0.2, 0.25) is 0 Å². The van der Waals surface area contributed by atoms with E-state index in [2.05, 4.69) is 5.32 Å². The normalized spacial score (nSPS) is 24.3. The quantitative estimate of drug-likeness (QED) is 0.843. The summed E-state index contributed by atoms with van der Waals surface area (Å²) in [6.45, 7) is 0. The number of rotatable bonds is 2. The number of carbonyl (C=O) groups is 1. The summed E-state index contributed by atoms with van der Waals surface area (Å²) in [6, 6.07) is -0.270. The maximum atomic E-state index is 12.3. The molecule has 0 radical (unpaired) electrons. The lowest BCUT2D eigenvalue weighted by Gasteiger charge is -2.11. The molecule has 1 aromatic heterocycles. The van der Waals surface area contributed by atoms with Crippen LogP contribution in [0.3, 0.4) is 0 Å². The van der Waals surface area contributed by atoms with E-state index in [1.807, 2.05) is 0 Å². The molecule has 1 amide bonds. The number of nitrogen functional groups attached to an aromatic ring is 1. The van der Waals surface area contributed by atoms with Crippen molar-refractivity contribution >= 4 is 32.1 Å². The van der Waals surface area contributed by atoms with Gasteiger partial charge < -0.3 is 11.1 Å². The van der Waals surface area contributed by atoms with E-state index in [0.29, 0.717) is 17.0 Å². The summed E-state index contributed by atoms with van der Waals surface area (Å²) < 4.78 is 22.8. The first-order valence-corrected chi connectivity index (χ1v) is 9.01. The Bertz CT molecular complexity index is 634. The van der Waals surface area contributed by atoms with Crippen LogP contribution in [-0.4, -0.2) is 31.9 Å². The van der Waals surface area contributed by atoms with Crippen molar-refractivity contribution < 1.29 is 13.2 Å². The van der Waals surface area contributed by atoms with Crippen LogP contribution in [0.1, 0.15) is 33.6 Å². The van der Waals surface area contributed by atoms with Crippen molar-refractivity contribution in [2.75, 3.05) is 17.2 Å². The number of carbonyl (C=O) groups excluding carboxylic acids is 1. The third kappa shape index (κ3) is 2.36. The zero-order chi connectivity index (χ0) is 13.6. The van der Waals surface area contributed by atoms with E-state index in [9.17, 15) is 13.2 Å². The first-order chi connectivity index (χ1) is 8.96. The number of thiophene rings is 1. The first-order valence-electron chi connectivity index (χ1n) is 6.37. The zero-order valence-electron chi connectivity index (χ0n) is 10.4. The Morgan fingerprint density at radius 3 is 2.84 bits per heavy atom. The second kappa shape index (κ2) is 4.49. The van der Waals surface area contributed by atoms with E-state index < -0.39 is 9.84 Å². The highest BCUT2D eigenvalue weighted by Crippen LogP contribution is 2.37. The lowest BCUT2D eigenvalue weighted by molar-refractivity contribution is 0.0941. The Morgan fingerprint density at radius 1 is 1.37 bits per heavy atom. The minimum Gasteiger partial charge on any atom is -0.390 e. The van der Waals surface area contributed by atoms with Crippen LogP contribution in [0, 0.1) is 0 Å². The summed E-state index contributed by atoms with van der Waals surface area (Å²) in [5.41, 5.74) is 7.57. The fourth-order valence-corrected chi connectivity index (χ4v) is 5.67. The molecule has 1 aliphatic heterocycles. The second-order valence-electron chi connectivity index (χ2n) is 5.17. The molecule has 0 saturated carbocycles. The Hall–Kier alpha value is -1.08. The summed E-state index contributed by atoms with van der Waals surface area (Å²) in [4.78, 5) is 13.5. The highest BCUT2D eigenvalue weighted by Gasteiger charge is 2.31. The average molecular weight is 300 g/mol. The van der Waals surface area contributed by atoms with Gasteiger partial charge in [0.05, 0.1) is 22.1 Å². The molecule has 0 bridgehead atoms. The molecule has 19 heavy (non-hydrogen) atoms. The van der Waals surface area contributed by atoms with Gasteiger partial charge in [-0.05, 0) is 31.2 Å². The van der Waals surface area contributed by atoms with E-state index in [4.69, 9.17) is 5.73 Å². The largest absolute Gasteiger partial charge is 0.390 e. The van der Waals surface area contributed by atoms with Crippen LogP contribution in [0.5, 0.6) is 0 Å². The van der Waals surface area contributed by atoms with Gasteiger partial charge in [0.15, 0.2) is 9.84 Å². The minimum atomic E-state index is -2.97. The van der Waals surface area contributed by atoms with Crippen molar-refractivity contribution in [3.63, 3.8) is 0 Å². The van der Waals surface area contributed by atoms with Crippen LogP contribution in [0.25, 0.3) is 0 Å². The van der Waals surface area contributed by atoms with Gasteiger partial charge in [-0.2, -0.15) is 0 Å². The number of fused-ring (bicyclic) bond motifs is 1. The Labute approximate surface area is 116 Å². The van der Waals surface area contributed by atoms with Crippen molar-refractivity contribution in [3.05, 3.63) is 16.0 Å². The predicted molar refractivity (Wildman–Crippen MR) is 75.3 cm³/mol. The molecule has 0 unspecified atom stereocenters. The van der Waals surface area contributed by atoms with Crippen molar-refractivity contribution in [2.24, 2.45) is 0 Å². The highest BCUT2D eigenvalue weighted by molar-refractivity contribution is 7.91. The average Bonchev–Trinajstić information content (AvgIpc) is 2.92. The fourth-order valence-electron chi connectivity index (χ4n) is 2.84. The van der Waals surface area contributed by atoms with Crippen LogP contribution in [0.4, 0.5) is 5.00 Å². The van der Waals surface area contributed by atoms with Gasteiger partial charge >= 0.3 is 0 Å². The monoisotopic (exact) mass is 300 g/mol. The number of sulfone groups is 1. The summed E-state index contributed by atoms with van der Waals surface area (Å²) in [6.07, 6.45) is 3.46. The molecular formula is C12H16N2O3S2. The topological polar surface area (TPSA) is 89.3 Å². The number of amides is 1. The zero-order valence-corrected chi connectivity index (χ0v) is 12.1. The van der Waals surface area contributed by atoms with Gasteiger partial charge in [0, 0.05) is 10.9 Å². The van der Waals surface area contributed by atoms with Crippen molar-refractivity contribution in [3.8, 4) is 0 Å².